The summed E-state index contributed by atoms with van der Waals surface area (Å²) in [6.45, 7) is 15.2. The first-order chi connectivity index (χ1) is 13.6. The van der Waals surface area contributed by atoms with Crippen molar-refractivity contribution in [3.05, 3.63) is 29.3 Å². The Hall–Kier alpha value is -1.06. The lowest BCUT2D eigenvalue weighted by Gasteiger charge is -2.21. The van der Waals surface area contributed by atoms with Crippen LogP contribution in [0.25, 0.3) is 0 Å². The molecule has 1 aromatic rings. The van der Waals surface area contributed by atoms with E-state index in [1.54, 1.807) is 0 Å². The van der Waals surface area contributed by atoms with Crippen molar-refractivity contribution in [1.82, 2.24) is 20.4 Å². The summed E-state index contributed by atoms with van der Waals surface area (Å²) in [5.74, 6) is 1.83. The van der Waals surface area contributed by atoms with E-state index in [0.29, 0.717) is 6.54 Å². The maximum Gasteiger partial charge on any atom is 0.191 e. The summed E-state index contributed by atoms with van der Waals surface area (Å²) in [5.41, 5.74) is 2.35. The van der Waals surface area contributed by atoms with Gasteiger partial charge in [0, 0.05) is 38.3 Å². The molecule has 0 spiro atoms. The molecule has 1 aliphatic heterocycles. The van der Waals surface area contributed by atoms with E-state index in [9.17, 15) is 0 Å². The van der Waals surface area contributed by atoms with Gasteiger partial charge in [0.25, 0.3) is 0 Å². The van der Waals surface area contributed by atoms with Gasteiger partial charge in [-0.2, -0.15) is 0 Å². The zero-order chi connectivity index (χ0) is 20.2. The Kier molecular flexibility index (Phi) is 13.3. The Morgan fingerprint density at radius 1 is 1.14 bits per heavy atom. The van der Waals surface area contributed by atoms with Crippen LogP contribution in [0.1, 0.15) is 37.8 Å². The Labute approximate surface area is 194 Å². The molecule has 166 valence electrons. The lowest BCUT2D eigenvalue weighted by molar-refractivity contribution is 0.280. The molecule has 7 heteroatoms. The summed E-state index contributed by atoms with van der Waals surface area (Å²) in [6.07, 6.45) is 2.26. The third-order valence-electron chi connectivity index (χ3n) is 4.97. The molecule has 1 fully saturated rings. The van der Waals surface area contributed by atoms with Gasteiger partial charge in [0.2, 0.25) is 0 Å². The number of guanidine groups is 1. The Bertz CT molecular complexity index is 611. The number of hydrogen-bond acceptors (Lipinski definition) is 4. The number of nitrogens with zero attached hydrogens (tertiary/aromatic N) is 3. The second-order valence-corrected chi connectivity index (χ2v) is 7.58. The SMILES string of the molecule is CCCOc1cc(C)ccc1CN=C(NCC)NCCN1CCCN(C)CC1.I. The highest BCUT2D eigenvalue weighted by molar-refractivity contribution is 14.0. The molecule has 1 aliphatic rings. The molecule has 0 bridgehead atoms. The number of benzene rings is 1. The van der Waals surface area contributed by atoms with Crippen LogP contribution in [0, 0.1) is 6.92 Å². The number of halogens is 1. The minimum Gasteiger partial charge on any atom is -0.493 e. The van der Waals surface area contributed by atoms with Crippen molar-refractivity contribution in [2.24, 2.45) is 4.99 Å². The monoisotopic (exact) mass is 517 g/mol. The van der Waals surface area contributed by atoms with Gasteiger partial charge in [-0.3, -0.25) is 0 Å². The third-order valence-corrected chi connectivity index (χ3v) is 4.97. The Morgan fingerprint density at radius 3 is 2.72 bits per heavy atom. The molecule has 2 N–H and O–H groups in total. The van der Waals surface area contributed by atoms with Crippen molar-refractivity contribution in [3.8, 4) is 5.75 Å². The van der Waals surface area contributed by atoms with E-state index in [4.69, 9.17) is 9.73 Å². The van der Waals surface area contributed by atoms with Gasteiger partial charge in [-0.1, -0.05) is 19.1 Å². The van der Waals surface area contributed by atoms with Crippen LogP contribution in [0.3, 0.4) is 0 Å². The number of aliphatic imine (C=N–C) groups is 1. The van der Waals surface area contributed by atoms with E-state index in [0.717, 1.165) is 63.0 Å². The van der Waals surface area contributed by atoms with Gasteiger partial charge in [0.15, 0.2) is 5.96 Å². The fourth-order valence-electron chi connectivity index (χ4n) is 3.30. The standard InChI is InChI=1S/C22H39N5O.HI/c1-5-16-28-21-17-19(3)8-9-20(21)18-25-22(23-6-2)24-10-13-27-12-7-11-26(4)14-15-27;/h8-9,17H,5-7,10-16,18H2,1-4H3,(H2,23,24,25);1H. The van der Waals surface area contributed by atoms with Crippen LogP contribution in [-0.2, 0) is 6.54 Å². The second kappa shape index (κ2) is 14.8. The molecule has 29 heavy (non-hydrogen) atoms. The summed E-state index contributed by atoms with van der Waals surface area (Å²) in [4.78, 5) is 9.74. The molecule has 0 atom stereocenters. The van der Waals surface area contributed by atoms with Crippen LogP contribution in [0.2, 0.25) is 0 Å². The number of ether oxygens (including phenoxy) is 1. The third kappa shape index (κ3) is 10.00. The fourth-order valence-corrected chi connectivity index (χ4v) is 3.30. The van der Waals surface area contributed by atoms with Crippen LogP contribution in [0.15, 0.2) is 23.2 Å². The molecular weight excluding hydrogens is 477 g/mol. The molecule has 0 aliphatic carbocycles. The smallest absolute Gasteiger partial charge is 0.191 e. The Morgan fingerprint density at radius 2 is 1.97 bits per heavy atom. The maximum atomic E-state index is 5.92. The summed E-state index contributed by atoms with van der Waals surface area (Å²) < 4.78 is 5.92. The largest absolute Gasteiger partial charge is 0.493 e. The van der Waals surface area contributed by atoms with E-state index >= 15 is 0 Å². The number of likely N-dealkylation sites (N-methyl/N-ethyl adjacent to an activating group) is 1. The topological polar surface area (TPSA) is 52.1 Å². The molecule has 6 nitrogen and oxygen atoms in total. The molecule has 0 unspecified atom stereocenters. The van der Waals surface area contributed by atoms with Crippen molar-refractivity contribution in [2.75, 3.05) is 59.5 Å². The predicted molar refractivity (Wildman–Crippen MR) is 134 cm³/mol. The molecule has 0 aromatic heterocycles. The molecule has 1 heterocycles. The number of nitrogens with one attached hydrogen (secondary N) is 2. The van der Waals surface area contributed by atoms with Crippen molar-refractivity contribution in [2.45, 2.75) is 40.2 Å². The maximum absolute atomic E-state index is 5.92. The van der Waals surface area contributed by atoms with Crippen LogP contribution < -0.4 is 15.4 Å². The lowest BCUT2D eigenvalue weighted by Crippen LogP contribution is -2.42. The van der Waals surface area contributed by atoms with Gasteiger partial charge in [0.05, 0.1) is 13.2 Å². The van der Waals surface area contributed by atoms with Gasteiger partial charge < -0.3 is 25.2 Å². The number of aryl methyl sites for hydroxylation is 1. The molecule has 2 rings (SSSR count). The van der Waals surface area contributed by atoms with E-state index in [1.165, 1.54) is 25.1 Å². The second-order valence-electron chi connectivity index (χ2n) is 7.58. The predicted octanol–water partition coefficient (Wildman–Crippen LogP) is 3.09. The minimum absolute atomic E-state index is 0. The summed E-state index contributed by atoms with van der Waals surface area (Å²) >= 11 is 0. The Balaban J connectivity index is 0.00000420. The first-order valence-corrected chi connectivity index (χ1v) is 10.8. The lowest BCUT2D eigenvalue weighted by atomic mass is 10.1. The van der Waals surface area contributed by atoms with E-state index in [1.807, 2.05) is 0 Å². The molecule has 0 saturated carbocycles. The molecule has 0 amide bonds. The van der Waals surface area contributed by atoms with Crippen molar-refractivity contribution >= 4 is 29.9 Å². The zero-order valence-corrected chi connectivity index (χ0v) is 21.0. The summed E-state index contributed by atoms with van der Waals surface area (Å²) in [7, 11) is 2.21. The van der Waals surface area contributed by atoms with E-state index < -0.39 is 0 Å². The fraction of sp³-hybridized carbons (Fsp3) is 0.682. The van der Waals surface area contributed by atoms with E-state index in [2.05, 4.69) is 66.5 Å². The molecule has 1 aromatic carbocycles. The quantitative estimate of drug-likeness (QED) is 0.300. The summed E-state index contributed by atoms with van der Waals surface area (Å²) in [5, 5.41) is 6.84. The first kappa shape index (κ1) is 26.0. The zero-order valence-electron chi connectivity index (χ0n) is 18.7. The van der Waals surface area contributed by atoms with Crippen molar-refractivity contribution < 1.29 is 4.74 Å². The number of hydrogen-bond donors (Lipinski definition) is 2. The molecule has 1 saturated heterocycles. The molecular formula is C22H40IN5O. The summed E-state index contributed by atoms with van der Waals surface area (Å²) in [6, 6.07) is 6.36. The van der Waals surface area contributed by atoms with Crippen LogP contribution in [0.4, 0.5) is 0 Å². The highest BCUT2D eigenvalue weighted by Gasteiger charge is 2.11. The van der Waals surface area contributed by atoms with Crippen LogP contribution >= 0.6 is 24.0 Å². The van der Waals surface area contributed by atoms with Gasteiger partial charge in [-0.25, -0.2) is 4.99 Å². The number of rotatable bonds is 9. The van der Waals surface area contributed by atoms with Gasteiger partial charge in [-0.05, 0) is 58.5 Å². The first-order valence-electron chi connectivity index (χ1n) is 10.8. The molecule has 0 radical (unpaired) electrons. The average molecular weight is 518 g/mol. The minimum atomic E-state index is 0. The normalized spacial score (nSPS) is 16.1. The van der Waals surface area contributed by atoms with Gasteiger partial charge >= 0.3 is 0 Å². The highest BCUT2D eigenvalue weighted by atomic mass is 127. The van der Waals surface area contributed by atoms with Gasteiger partial charge in [0.1, 0.15) is 5.75 Å². The highest BCUT2D eigenvalue weighted by Crippen LogP contribution is 2.21. The van der Waals surface area contributed by atoms with Gasteiger partial charge in [-0.15, -0.1) is 24.0 Å². The average Bonchev–Trinajstić information content (AvgIpc) is 2.89. The van der Waals surface area contributed by atoms with Crippen molar-refractivity contribution in [3.63, 3.8) is 0 Å². The van der Waals surface area contributed by atoms with Crippen molar-refractivity contribution in [1.29, 1.82) is 0 Å². The van der Waals surface area contributed by atoms with Crippen LogP contribution in [0.5, 0.6) is 5.75 Å². The van der Waals surface area contributed by atoms with E-state index in [-0.39, 0.29) is 24.0 Å². The van der Waals surface area contributed by atoms with Crippen LogP contribution in [-0.4, -0.2) is 75.2 Å².